The summed E-state index contributed by atoms with van der Waals surface area (Å²) in [6.45, 7) is 2.59. The fourth-order valence-corrected chi connectivity index (χ4v) is 3.27. The van der Waals surface area contributed by atoms with Crippen LogP contribution in [0.3, 0.4) is 0 Å². The van der Waals surface area contributed by atoms with E-state index in [1.54, 1.807) is 6.08 Å². The molecule has 1 saturated heterocycles. The Morgan fingerprint density at radius 1 is 1.33 bits per heavy atom. The first-order valence-electron chi connectivity index (χ1n) is 7.74. The topological polar surface area (TPSA) is 46.6 Å². The number of benzene rings is 1. The fourth-order valence-electron chi connectivity index (χ4n) is 2.01. The number of carbonyl (C=O) groups excluding carboxylic acids is 2. The van der Waals surface area contributed by atoms with Crippen LogP contribution in [-0.2, 0) is 14.3 Å². The lowest BCUT2D eigenvalue weighted by atomic mass is 10.2. The molecule has 0 radical (unpaired) electrons. The second-order valence-electron chi connectivity index (χ2n) is 5.10. The summed E-state index contributed by atoms with van der Waals surface area (Å²) < 4.78 is 5.48. The molecule has 1 heterocycles. The molecule has 0 bridgehead atoms. The summed E-state index contributed by atoms with van der Waals surface area (Å²) in [4.78, 5) is 25.9. The summed E-state index contributed by atoms with van der Waals surface area (Å²) in [7, 11) is 0. The quantitative estimate of drug-likeness (QED) is 0.420. The maximum atomic E-state index is 12.3. The number of ether oxygens (including phenoxy) is 1. The zero-order valence-electron chi connectivity index (χ0n) is 13.4. The van der Waals surface area contributed by atoms with Gasteiger partial charge in [0.2, 0.25) is 0 Å². The molecule has 0 N–H and O–H groups in total. The molecule has 0 saturated carbocycles. The lowest BCUT2D eigenvalue weighted by Crippen LogP contribution is -2.30. The van der Waals surface area contributed by atoms with Gasteiger partial charge in [0.25, 0.3) is 5.91 Å². The third kappa shape index (κ3) is 5.32. The van der Waals surface area contributed by atoms with Gasteiger partial charge in [0.15, 0.2) is 0 Å². The molecule has 1 aliphatic heterocycles. The van der Waals surface area contributed by atoms with Gasteiger partial charge in [-0.3, -0.25) is 14.5 Å². The number of nitrogens with zero attached hydrogens (tertiary/aromatic N) is 1. The third-order valence-corrected chi connectivity index (χ3v) is 4.61. The number of hydrogen-bond acceptors (Lipinski definition) is 5. The van der Waals surface area contributed by atoms with Crippen LogP contribution in [0, 0.1) is 0 Å². The molecule has 0 unspecified atom stereocenters. The summed E-state index contributed by atoms with van der Waals surface area (Å²) in [5, 5.41) is 0. The van der Waals surface area contributed by atoms with E-state index in [2.05, 4.69) is 0 Å². The van der Waals surface area contributed by atoms with Crippen molar-refractivity contribution in [3.05, 3.63) is 53.0 Å². The van der Waals surface area contributed by atoms with E-state index in [1.807, 2.05) is 49.4 Å². The predicted molar refractivity (Wildman–Crippen MR) is 101 cm³/mol. The number of hydrogen-bond donors (Lipinski definition) is 0. The van der Waals surface area contributed by atoms with Gasteiger partial charge >= 0.3 is 5.97 Å². The zero-order chi connectivity index (χ0) is 17.4. The van der Waals surface area contributed by atoms with Crippen molar-refractivity contribution in [1.29, 1.82) is 0 Å². The summed E-state index contributed by atoms with van der Waals surface area (Å²) in [5.41, 5.74) is 1.06. The number of carbonyl (C=O) groups is 2. The summed E-state index contributed by atoms with van der Waals surface area (Å²) in [5.74, 6) is -0.468. The van der Waals surface area contributed by atoms with Crippen LogP contribution in [0.4, 0.5) is 0 Å². The maximum absolute atomic E-state index is 12.3. The Morgan fingerprint density at radius 3 is 2.79 bits per heavy atom. The van der Waals surface area contributed by atoms with Crippen LogP contribution in [-0.4, -0.2) is 34.2 Å². The Hall–Kier alpha value is -1.92. The molecule has 24 heavy (non-hydrogen) atoms. The highest BCUT2D eigenvalue weighted by molar-refractivity contribution is 8.26. The number of rotatable bonds is 7. The molecule has 0 aliphatic carbocycles. The van der Waals surface area contributed by atoms with Crippen molar-refractivity contribution in [2.45, 2.75) is 19.8 Å². The molecule has 2 rings (SSSR count). The minimum absolute atomic E-state index is 0.152. The number of allylic oxidation sites excluding steroid dienone is 2. The van der Waals surface area contributed by atoms with Crippen LogP contribution < -0.4 is 0 Å². The normalized spacial score (nSPS) is 16.4. The first-order valence-corrected chi connectivity index (χ1v) is 8.97. The monoisotopic (exact) mass is 361 g/mol. The van der Waals surface area contributed by atoms with Crippen molar-refractivity contribution in [3.63, 3.8) is 0 Å². The van der Waals surface area contributed by atoms with Crippen LogP contribution in [0.15, 0.2) is 47.4 Å². The molecule has 6 heteroatoms. The highest BCUT2D eigenvalue weighted by Crippen LogP contribution is 2.31. The molecule has 1 fully saturated rings. The molecule has 1 aromatic rings. The third-order valence-electron chi connectivity index (χ3n) is 3.22. The van der Waals surface area contributed by atoms with Crippen LogP contribution in [0.25, 0.3) is 6.08 Å². The van der Waals surface area contributed by atoms with E-state index in [-0.39, 0.29) is 24.8 Å². The van der Waals surface area contributed by atoms with Gasteiger partial charge < -0.3 is 4.74 Å². The van der Waals surface area contributed by atoms with E-state index in [0.29, 0.717) is 15.8 Å². The first kappa shape index (κ1) is 18.4. The molecule has 126 valence electrons. The highest BCUT2D eigenvalue weighted by atomic mass is 32.2. The van der Waals surface area contributed by atoms with Gasteiger partial charge in [0.1, 0.15) is 4.32 Å². The van der Waals surface area contributed by atoms with E-state index in [4.69, 9.17) is 17.0 Å². The van der Waals surface area contributed by atoms with Gasteiger partial charge in [-0.05, 0) is 18.1 Å². The lowest BCUT2D eigenvalue weighted by molar-refractivity contribution is -0.143. The van der Waals surface area contributed by atoms with Gasteiger partial charge in [-0.2, -0.15) is 0 Å². The molecule has 0 spiro atoms. The number of amides is 1. The molecule has 1 aliphatic rings. The average Bonchev–Trinajstić information content (AvgIpc) is 2.86. The lowest BCUT2D eigenvalue weighted by Gasteiger charge is -2.13. The van der Waals surface area contributed by atoms with Gasteiger partial charge in [0.05, 0.1) is 17.9 Å². The average molecular weight is 361 g/mol. The largest absolute Gasteiger partial charge is 0.466 e. The van der Waals surface area contributed by atoms with E-state index in [9.17, 15) is 9.59 Å². The molecule has 1 amide bonds. The minimum atomic E-state index is -0.307. The number of thioether (sulfide) groups is 1. The molecule has 1 aromatic carbocycles. The Kier molecular flexibility index (Phi) is 7.21. The smallest absolute Gasteiger partial charge is 0.307 e. The summed E-state index contributed by atoms with van der Waals surface area (Å²) >= 11 is 6.48. The van der Waals surface area contributed by atoms with Crippen molar-refractivity contribution in [2.24, 2.45) is 0 Å². The van der Waals surface area contributed by atoms with Crippen molar-refractivity contribution < 1.29 is 14.3 Å². The minimum Gasteiger partial charge on any atom is -0.466 e. The van der Waals surface area contributed by atoms with E-state index in [1.165, 1.54) is 16.7 Å². The van der Waals surface area contributed by atoms with Gasteiger partial charge in [0, 0.05) is 6.54 Å². The van der Waals surface area contributed by atoms with Crippen molar-refractivity contribution in [2.75, 3.05) is 13.2 Å². The van der Waals surface area contributed by atoms with Crippen LogP contribution >= 0.6 is 24.0 Å². The molecule has 4 nitrogen and oxygen atoms in total. The second kappa shape index (κ2) is 9.39. The van der Waals surface area contributed by atoms with Crippen LogP contribution in [0.1, 0.15) is 25.3 Å². The van der Waals surface area contributed by atoms with Crippen LogP contribution in [0.2, 0.25) is 0 Å². The Labute approximate surface area is 151 Å². The Balaban J connectivity index is 1.92. The molecular formula is C18H19NO3S2. The Morgan fingerprint density at radius 2 is 2.08 bits per heavy atom. The van der Waals surface area contributed by atoms with E-state index < -0.39 is 0 Å². The summed E-state index contributed by atoms with van der Waals surface area (Å²) in [6, 6.07) is 9.83. The summed E-state index contributed by atoms with van der Waals surface area (Å²) in [6.07, 6.45) is 6.44. The van der Waals surface area contributed by atoms with Crippen molar-refractivity contribution in [1.82, 2.24) is 4.90 Å². The van der Waals surface area contributed by atoms with Crippen LogP contribution in [0.5, 0.6) is 0 Å². The van der Waals surface area contributed by atoms with E-state index in [0.717, 1.165) is 12.0 Å². The van der Waals surface area contributed by atoms with Gasteiger partial charge in [-0.15, -0.1) is 0 Å². The molecule has 0 aromatic heterocycles. The second-order valence-corrected chi connectivity index (χ2v) is 6.77. The molecular weight excluding hydrogens is 342 g/mol. The number of thiocarbonyl (C=S) groups is 1. The van der Waals surface area contributed by atoms with Crippen molar-refractivity contribution in [3.8, 4) is 0 Å². The SMILES string of the molecule is CCCOC(=O)CCN1C(=O)/C(=C/C=C/c2ccccc2)SC1=S. The fraction of sp³-hybridized carbons (Fsp3) is 0.278. The first-order chi connectivity index (χ1) is 11.6. The number of esters is 1. The Bertz CT molecular complexity index is 668. The standard InChI is InChI=1S/C18H19NO3S2/c1-2-13-22-16(20)11-12-19-17(21)15(24-18(19)23)10-6-9-14-7-4-3-5-8-14/h3-10H,2,11-13H2,1H3/b9-6+,15-10-. The maximum Gasteiger partial charge on any atom is 0.307 e. The molecule has 0 atom stereocenters. The van der Waals surface area contributed by atoms with E-state index >= 15 is 0 Å². The van der Waals surface area contributed by atoms with Gasteiger partial charge in [-0.25, -0.2) is 0 Å². The van der Waals surface area contributed by atoms with Crippen molar-refractivity contribution >= 4 is 46.3 Å². The predicted octanol–water partition coefficient (Wildman–Crippen LogP) is 3.79. The zero-order valence-corrected chi connectivity index (χ0v) is 15.1. The van der Waals surface area contributed by atoms with Gasteiger partial charge in [-0.1, -0.05) is 73.4 Å². The highest BCUT2D eigenvalue weighted by Gasteiger charge is 2.31.